The minimum atomic E-state index is -0.205. The predicted molar refractivity (Wildman–Crippen MR) is 92.4 cm³/mol. The largest absolute Gasteiger partial charge is 0.489 e. The molecule has 126 valence electrons. The molecule has 2 aromatic rings. The molecule has 1 atom stereocenters. The Bertz CT molecular complexity index is 828. The molecule has 6 heteroatoms. The van der Waals surface area contributed by atoms with Gasteiger partial charge in [0.15, 0.2) is 0 Å². The summed E-state index contributed by atoms with van der Waals surface area (Å²) < 4.78 is 7.33. The van der Waals surface area contributed by atoms with Crippen molar-refractivity contribution in [3.05, 3.63) is 58.0 Å². The Balaban J connectivity index is 1.82. The summed E-state index contributed by atoms with van der Waals surface area (Å²) in [7, 11) is 1.66. The van der Waals surface area contributed by atoms with Gasteiger partial charge in [0, 0.05) is 24.9 Å². The number of hydrogen-bond donors (Lipinski definition) is 1. The summed E-state index contributed by atoms with van der Waals surface area (Å²) in [6.07, 6.45) is 1.54. The highest BCUT2D eigenvalue weighted by molar-refractivity contribution is 5.90. The van der Waals surface area contributed by atoms with E-state index in [1.165, 1.54) is 10.6 Å². The molecule has 2 amide bonds. The first-order valence-electron chi connectivity index (χ1n) is 7.92. The van der Waals surface area contributed by atoms with Gasteiger partial charge >= 0.3 is 6.03 Å². The molecule has 0 bridgehead atoms. The number of pyridine rings is 1. The lowest BCUT2D eigenvalue weighted by molar-refractivity contribution is 0.167. The van der Waals surface area contributed by atoms with Crippen LogP contribution in [0.2, 0.25) is 0 Å². The van der Waals surface area contributed by atoms with E-state index in [2.05, 4.69) is 5.32 Å². The molecule has 0 saturated heterocycles. The maximum Gasteiger partial charge on any atom is 0.322 e. The van der Waals surface area contributed by atoms with Crippen molar-refractivity contribution in [2.75, 3.05) is 11.9 Å². The van der Waals surface area contributed by atoms with E-state index in [0.717, 1.165) is 16.9 Å². The number of fused-ring (bicyclic) bond motifs is 1. The Morgan fingerprint density at radius 2 is 2.08 bits per heavy atom. The van der Waals surface area contributed by atoms with E-state index < -0.39 is 0 Å². The van der Waals surface area contributed by atoms with Crippen molar-refractivity contribution in [1.82, 2.24) is 9.47 Å². The first-order chi connectivity index (χ1) is 11.4. The highest BCUT2D eigenvalue weighted by Crippen LogP contribution is 2.25. The number of carbonyl (C=O) groups excluding carboxylic acids is 1. The van der Waals surface area contributed by atoms with Gasteiger partial charge in [0.25, 0.3) is 5.56 Å². The Labute approximate surface area is 140 Å². The molecule has 1 aliphatic rings. The van der Waals surface area contributed by atoms with E-state index in [0.29, 0.717) is 18.8 Å². The SMILES string of the molecule is Cc1cc(=O)n(C)cc1NC(=O)N1Cc2ccccc2OC(C)C1. The maximum atomic E-state index is 12.7. The van der Waals surface area contributed by atoms with Gasteiger partial charge in [-0.1, -0.05) is 18.2 Å². The number of amides is 2. The maximum absolute atomic E-state index is 12.7. The smallest absolute Gasteiger partial charge is 0.322 e. The number of aromatic nitrogens is 1. The van der Waals surface area contributed by atoms with Gasteiger partial charge in [-0.25, -0.2) is 4.79 Å². The van der Waals surface area contributed by atoms with Gasteiger partial charge in [-0.15, -0.1) is 0 Å². The van der Waals surface area contributed by atoms with E-state index in [9.17, 15) is 9.59 Å². The van der Waals surface area contributed by atoms with Crippen LogP contribution in [0, 0.1) is 6.92 Å². The van der Waals surface area contributed by atoms with Crippen LogP contribution < -0.4 is 15.6 Å². The fraction of sp³-hybridized carbons (Fsp3) is 0.333. The number of urea groups is 1. The number of anilines is 1. The standard InChI is InChI=1S/C18H21N3O3/c1-12-8-17(22)20(3)11-15(12)19-18(23)21-9-13(2)24-16-7-5-4-6-14(16)10-21/h4-8,11,13H,9-10H2,1-3H3,(H,19,23). The lowest BCUT2D eigenvalue weighted by Crippen LogP contribution is -2.39. The predicted octanol–water partition coefficient (Wildman–Crippen LogP) is 2.51. The van der Waals surface area contributed by atoms with E-state index in [1.807, 2.05) is 31.2 Å². The molecule has 1 aromatic heterocycles. The molecule has 1 aliphatic heterocycles. The monoisotopic (exact) mass is 327 g/mol. The van der Waals surface area contributed by atoms with Gasteiger partial charge in [-0.2, -0.15) is 0 Å². The van der Waals surface area contributed by atoms with Crippen LogP contribution in [0.5, 0.6) is 5.75 Å². The van der Waals surface area contributed by atoms with Gasteiger partial charge < -0.3 is 19.5 Å². The van der Waals surface area contributed by atoms with Gasteiger partial charge in [0.1, 0.15) is 11.9 Å². The van der Waals surface area contributed by atoms with Crippen molar-refractivity contribution in [3.8, 4) is 5.75 Å². The molecule has 6 nitrogen and oxygen atoms in total. The van der Waals surface area contributed by atoms with Gasteiger partial charge in [0.2, 0.25) is 0 Å². The molecular formula is C18H21N3O3. The second-order valence-electron chi connectivity index (χ2n) is 6.17. The average molecular weight is 327 g/mol. The number of benzene rings is 1. The minimum absolute atomic E-state index is 0.0966. The van der Waals surface area contributed by atoms with Crippen molar-refractivity contribution >= 4 is 11.7 Å². The number of hydrogen-bond acceptors (Lipinski definition) is 3. The molecule has 3 rings (SSSR count). The van der Waals surface area contributed by atoms with Crippen LogP contribution in [-0.2, 0) is 13.6 Å². The van der Waals surface area contributed by atoms with Crippen LogP contribution in [0.4, 0.5) is 10.5 Å². The third-order valence-corrected chi connectivity index (χ3v) is 4.10. The van der Waals surface area contributed by atoms with Gasteiger partial charge in [-0.05, 0) is 25.5 Å². The van der Waals surface area contributed by atoms with Crippen LogP contribution in [0.15, 0.2) is 41.3 Å². The fourth-order valence-corrected chi connectivity index (χ4v) is 2.79. The summed E-state index contributed by atoms with van der Waals surface area (Å²) in [5.74, 6) is 0.818. The Hall–Kier alpha value is -2.76. The fourth-order valence-electron chi connectivity index (χ4n) is 2.79. The van der Waals surface area contributed by atoms with Gasteiger partial charge in [-0.3, -0.25) is 4.79 Å². The second kappa shape index (κ2) is 6.39. The molecule has 2 heterocycles. The van der Waals surface area contributed by atoms with Crippen LogP contribution in [0.25, 0.3) is 0 Å². The zero-order chi connectivity index (χ0) is 17.3. The Morgan fingerprint density at radius 1 is 1.33 bits per heavy atom. The van der Waals surface area contributed by atoms with Crippen molar-refractivity contribution in [2.24, 2.45) is 7.05 Å². The number of ether oxygens (including phenoxy) is 1. The zero-order valence-corrected chi connectivity index (χ0v) is 14.1. The quantitative estimate of drug-likeness (QED) is 0.875. The molecule has 1 N–H and O–H groups in total. The third-order valence-electron chi connectivity index (χ3n) is 4.10. The third kappa shape index (κ3) is 3.27. The number of aryl methyl sites for hydroxylation is 2. The Morgan fingerprint density at radius 3 is 2.88 bits per heavy atom. The van der Waals surface area contributed by atoms with Crippen LogP contribution in [0.3, 0.4) is 0 Å². The number of rotatable bonds is 1. The first-order valence-corrected chi connectivity index (χ1v) is 7.92. The lowest BCUT2D eigenvalue weighted by Gasteiger charge is -2.23. The first kappa shape index (κ1) is 16.1. The summed E-state index contributed by atoms with van der Waals surface area (Å²) in [4.78, 5) is 26.0. The van der Waals surface area contributed by atoms with Crippen molar-refractivity contribution in [1.29, 1.82) is 0 Å². The summed E-state index contributed by atoms with van der Waals surface area (Å²) in [5.41, 5.74) is 2.25. The summed E-state index contributed by atoms with van der Waals surface area (Å²) in [6.45, 7) is 4.73. The molecule has 1 unspecified atom stereocenters. The summed E-state index contributed by atoms with van der Waals surface area (Å²) in [6, 6.07) is 9.05. The molecule has 1 aromatic carbocycles. The minimum Gasteiger partial charge on any atom is -0.489 e. The number of carbonyl (C=O) groups is 1. The molecule has 0 aliphatic carbocycles. The van der Waals surface area contributed by atoms with E-state index in [-0.39, 0.29) is 17.7 Å². The number of para-hydroxylation sites is 1. The topological polar surface area (TPSA) is 63.6 Å². The van der Waals surface area contributed by atoms with Gasteiger partial charge in [0.05, 0.1) is 18.8 Å². The normalized spacial score (nSPS) is 16.8. The summed E-state index contributed by atoms with van der Waals surface area (Å²) in [5, 5.41) is 2.90. The number of nitrogens with zero attached hydrogens (tertiary/aromatic N) is 2. The number of nitrogens with one attached hydrogen (secondary N) is 1. The van der Waals surface area contributed by atoms with E-state index >= 15 is 0 Å². The van der Waals surface area contributed by atoms with Crippen LogP contribution in [-0.4, -0.2) is 28.1 Å². The highest BCUT2D eigenvalue weighted by atomic mass is 16.5. The van der Waals surface area contributed by atoms with Crippen molar-refractivity contribution < 1.29 is 9.53 Å². The molecule has 0 saturated carbocycles. The zero-order valence-electron chi connectivity index (χ0n) is 14.1. The van der Waals surface area contributed by atoms with E-state index in [4.69, 9.17) is 4.74 Å². The lowest BCUT2D eigenvalue weighted by atomic mass is 10.2. The molecule has 0 spiro atoms. The Kier molecular flexibility index (Phi) is 4.29. The molecular weight excluding hydrogens is 306 g/mol. The molecule has 24 heavy (non-hydrogen) atoms. The summed E-state index contributed by atoms with van der Waals surface area (Å²) >= 11 is 0. The van der Waals surface area contributed by atoms with Crippen molar-refractivity contribution in [2.45, 2.75) is 26.5 Å². The molecule has 0 fully saturated rings. The second-order valence-corrected chi connectivity index (χ2v) is 6.17. The highest BCUT2D eigenvalue weighted by Gasteiger charge is 2.24. The van der Waals surface area contributed by atoms with E-state index in [1.54, 1.807) is 25.1 Å². The molecule has 0 radical (unpaired) electrons. The average Bonchev–Trinajstić information content (AvgIpc) is 2.70. The van der Waals surface area contributed by atoms with Crippen molar-refractivity contribution in [3.63, 3.8) is 0 Å². The van der Waals surface area contributed by atoms with Crippen LogP contribution >= 0.6 is 0 Å². The van der Waals surface area contributed by atoms with Crippen LogP contribution in [0.1, 0.15) is 18.1 Å².